The number of benzene rings is 3. The number of fused-ring (bicyclic) bond motifs is 3. The number of anilines is 2. The molecule has 0 amide bonds. The molecular weight excluding hydrogens is 366 g/mol. The minimum Gasteiger partial charge on any atom is -0.324 e. The van der Waals surface area contributed by atoms with Crippen LogP contribution >= 0.6 is 0 Å². The molecule has 1 unspecified atom stereocenters. The van der Waals surface area contributed by atoms with E-state index in [1.165, 1.54) is 27.8 Å². The molecule has 0 aliphatic heterocycles. The molecule has 1 N–H and O–H groups in total. The minimum absolute atomic E-state index is 0.334. The van der Waals surface area contributed by atoms with Gasteiger partial charge in [-0.2, -0.15) is 0 Å². The second kappa shape index (κ2) is 7.75. The highest BCUT2D eigenvalue weighted by atomic mass is 15.1. The van der Waals surface area contributed by atoms with E-state index in [1.807, 2.05) is 6.20 Å². The lowest BCUT2D eigenvalue weighted by atomic mass is 9.78. The molecule has 1 heterocycles. The molecule has 3 aromatic carbocycles. The molecule has 1 aliphatic carbocycles. The van der Waals surface area contributed by atoms with Crippen LogP contribution in [0.25, 0.3) is 11.3 Å². The molecular formula is C27H25N3. The number of hydrogen-bond acceptors (Lipinski definition) is 3. The Morgan fingerprint density at radius 1 is 0.867 bits per heavy atom. The van der Waals surface area contributed by atoms with E-state index < -0.39 is 0 Å². The number of nitrogens with one attached hydrogen (secondary N) is 1. The van der Waals surface area contributed by atoms with Crippen LogP contribution in [0.4, 0.5) is 11.6 Å². The summed E-state index contributed by atoms with van der Waals surface area (Å²) in [6.07, 6.45) is 2.90. The fraction of sp³-hybridized carbons (Fsp3) is 0.185. The molecule has 0 saturated heterocycles. The monoisotopic (exact) mass is 391 g/mol. The third-order valence-electron chi connectivity index (χ3n) is 5.92. The quantitative estimate of drug-likeness (QED) is 0.421. The summed E-state index contributed by atoms with van der Waals surface area (Å²) < 4.78 is 0. The normalized spacial score (nSPS) is 14.8. The van der Waals surface area contributed by atoms with Gasteiger partial charge in [0.15, 0.2) is 0 Å². The van der Waals surface area contributed by atoms with Crippen molar-refractivity contribution in [2.75, 3.05) is 5.32 Å². The van der Waals surface area contributed by atoms with Crippen LogP contribution in [0.2, 0.25) is 0 Å². The molecule has 5 rings (SSSR count). The number of aromatic nitrogens is 2. The first-order valence-corrected chi connectivity index (χ1v) is 10.6. The average Bonchev–Trinajstić information content (AvgIpc) is 2.79. The topological polar surface area (TPSA) is 37.8 Å². The van der Waals surface area contributed by atoms with Crippen molar-refractivity contribution in [2.24, 2.45) is 0 Å². The van der Waals surface area contributed by atoms with E-state index in [2.05, 4.69) is 103 Å². The van der Waals surface area contributed by atoms with Crippen molar-refractivity contribution in [2.45, 2.75) is 32.1 Å². The number of nitrogens with zero attached hydrogens (tertiary/aromatic N) is 2. The van der Waals surface area contributed by atoms with Crippen molar-refractivity contribution in [3.05, 3.63) is 107 Å². The lowest BCUT2D eigenvalue weighted by Gasteiger charge is -2.27. The van der Waals surface area contributed by atoms with Gasteiger partial charge in [0.1, 0.15) is 0 Å². The van der Waals surface area contributed by atoms with Crippen molar-refractivity contribution < 1.29 is 0 Å². The van der Waals surface area contributed by atoms with Gasteiger partial charge < -0.3 is 5.32 Å². The summed E-state index contributed by atoms with van der Waals surface area (Å²) in [5.41, 5.74) is 8.44. The van der Waals surface area contributed by atoms with Crippen molar-refractivity contribution in [1.29, 1.82) is 0 Å². The Kier molecular flexibility index (Phi) is 4.80. The first-order valence-electron chi connectivity index (χ1n) is 10.6. The summed E-state index contributed by atoms with van der Waals surface area (Å²) in [6.45, 7) is 4.41. The molecule has 0 saturated carbocycles. The first kappa shape index (κ1) is 18.6. The summed E-state index contributed by atoms with van der Waals surface area (Å²) in [6, 6.07) is 27.9. The molecule has 3 heteroatoms. The van der Waals surface area contributed by atoms with Gasteiger partial charge >= 0.3 is 0 Å². The van der Waals surface area contributed by atoms with E-state index in [9.17, 15) is 0 Å². The van der Waals surface area contributed by atoms with Gasteiger partial charge in [0.05, 0.1) is 5.69 Å². The van der Waals surface area contributed by atoms with Crippen molar-refractivity contribution >= 4 is 11.6 Å². The average molecular weight is 392 g/mol. The van der Waals surface area contributed by atoms with Crippen LogP contribution in [0.3, 0.4) is 0 Å². The van der Waals surface area contributed by atoms with Crippen LogP contribution in [0.15, 0.2) is 85.1 Å². The summed E-state index contributed by atoms with van der Waals surface area (Å²) in [7, 11) is 0. The molecule has 3 nitrogen and oxygen atoms in total. The zero-order chi connectivity index (χ0) is 20.5. The highest BCUT2D eigenvalue weighted by Gasteiger charge is 2.27. The van der Waals surface area contributed by atoms with E-state index in [4.69, 9.17) is 4.98 Å². The largest absolute Gasteiger partial charge is 0.324 e. The molecule has 30 heavy (non-hydrogen) atoms. The van der Waals surface area contributed by atoms with Crippen LogP contribution < -0.4 is 5.32 Å². The smallest absolute Gasteiger partial charge is 0.227 e. The lowest BCUT2D eigenvalue weighted by Crippen LogP contribution is -2.14. The molecule has 0 fully saturated rings. The van der Waals surface area contributed by atoms with Crippen molar-refractivity contribution in [1.82, 2.24) is 9.97 Å². The molecule has 1 aliphatic rings. The lowest BCUT2D eigenvalue weighted by molar-refractivity contribution is 0.782. The Morgan fingerprint density at radius 3 is 2.37 bits per heavy atom. The Balaban J connectivity index is 1.49. The number of rotatable bonds is 4. The van der Waals surface area contributed by atoms with Crippen LogP contribution in [0, 0.1) is 0 Å². The van der Waals surface area contributed by atoms with Gasteiger partial charge in [-0.3, -0.25) is 0 Å². The van der Waals surface area contributed by atoms with E-state index in [0.29, 0.717) is 17.8 Å². The van der Waals surface area contributed by atoms with E-state index in [-0.39, 0.29) is 0 Å². The number of hydrogen-bond donors (Lipinski definition) is 1. The Morgan fingerprint density at radius 2 is 1.60 bits per heavy atom. The highest BCUT2D eigenvalue weighted by molar-refractivity contribution is 5.73. The predicted molar refractivity (Wildman–Crippen MR) is 123 cm³/mol. The Hall–Kier alpha value is -3.46. The molecule has 0 spiro atoms. The third-order valence-corrected chi connectivity index (χ3v) is 5.92. The summed E-state index contributed by atoms with van der Waals surface area (Å²) in [5, 5.41) is 3.37. The van der Waals surface area contributed by atoms with E-state index in [0.717, 1.165) is 17.8 Å². The highest BCUT2D eigenvalue weighted by Crippen LogP contribution is 2.41. The maximum atomic E-state index is 4.91. The second-order valence-corrected chi connectivity index (χ2v) is 8.22. The molecule has 0 radical (unpaired) electrons. The van der Waals surface area contributed by atoms with Gasteiger partial charge in [0.25, 0.3) is 0 Å². The van der Waals surface area contributed by atoms with Crippen molar-refractivity contribution in [3.8, 4) is 11.3 Å². The molecule has 148 valence electrons. The molecule has 1 aromatic heterocycles. The third kappa shape index (κ3) is 3.48. The van der Waals surface area contributed by atoms with E-state index in [1.54, 1.807) is 0 Å². The second-order valence-electron chi connectivity index (χ2n) is 8.22. The Bertz CT molecular complexity index is 1160. The van der Waals surface area contributed by atoms with Crippen LogP contribution in [-0.4, -0.2) is 9.97 Å². The molecule has 1 atom stereocenters. The minimum atomic E-state index is 0.334. The molecule has 0 bridgehead atoms. The van der Waals surface area contributed by atoms with Gasteiger partial charge in [-0.15, -0.1) is 0 Å². The van der Waals surface area contributed by atoms with Gasteiger partial charge in [0, 0.05) is 23.4 Å². The summed E-state index contributed by atoms with van der Waals surface area (Å²) in [5.74, 6) is 1.49. The Labute approximate surface area is 177 Å². The first-order chi connectivity index (χ1) is 14.7. The van der Waals surface area contributed by atoms with Crippen LogP contribution in [0.1, 0.15) is 47.9 Å². The summed E-state index contributed by atoms with van der Waals surface area (Å²) in [4.78, 5) is 9.54. The van der Waals surface area contributed by atoms with Crippen molar-refractivity contribution in [3.63, 3.8) is 0 Å². The van der Waals surface area contributed by atoms with Crippen LogP contribution in [0.5, 0.6) is 0 Å². The van der Waals surface area contributed by atoms with Gasteiger partial charge in [-0.05, 0) is 46.7 Å². The standard InChI is InChI=1S/C27H25N3/c1-18(2)19-12-14-22(15-13-19)29-27-28-17-21-16-25(20-8-4-3-5-9-20)23-10-6-7-11-24(23)26(21)30-27/h3-15,17-18,25H,16H2,1-2H3,(H,28,29,30). The molecule has 4 aromatic rings. The predicted octanol–water partition coefficient (Wildman–Crippen LogP) is 6.70. The van der Waals surface area contributed by atoms with Gasteiger partial charge in [-0.1, -0.05) is 80.6 Å². The maximum Gasteiger partial charge on any atom is 0.227 e. The van der Waals surface area contributed by atoms with Gasteiger partial charge in [-0.25, -0.2) is 9.97 Å². The van der Waals surface area contributed by atoms with E-state index >= 15 is 0 Å². The maximum absolute atomic E-state index is 4.91. The SMILES string of the molecule is CC(C)c1ccc(Nc2ncc3c(n2)-c2ccccc2C(c2ccccc2)C3)cc1. The zero-order valence-electron chi connectivity index (χ0n) is 17.3. The van der Waals surface area contributed by atoms with Crippen LogP contribution in [-0.2, 0) is 6.42 Å². The fourth-order valence-electron chi connectivity index (χ4n) is 4.26. The zero-order valence-corrected chi connectivity index (χ0v) is 17.3. The van der Waals surface area contributed by atoms with Gasteiger partial charge in [0.2, 0.25) is 5.95 Å². The summed E-state index contributed by atoms with van der Waals surface area (Å²) >= 11 is 0. The fourth-order valence-corrected chi connectivity index (χ4v) is 4.26.